The Morgan fingerprint density at radius 2 is 2.12 bits per heavy atom. The van der Waals surface area contributed by atoms with Gasteiger partial charge >= 0.3 is 0 Å². The monoisotopic (exact) mass is 233 g/mol. The molecule has 0 aliphatic heterocycles. The second kappa shape index (κ2) is 4.74. The molecule has 2 nitrogen and oxygen atoms in total. The summed E-state index contributed by atoms with van der Waals surface area (Å²) in [7, 11) is 1.98. The van der Waals surface area contributed by atoms with Gasteiger partial charge in [0.25, 0.3) is 0 Å². The number of thioether (sulfide) groups is 1. The van der Waals surface area contributed by atoms with Gasteiger partial charge in [0.2, 0.25) is 0 Å². The van der Waals surface area contributed by atoms with Gasteiger partial charge in [0, 0.05) is 41.9 Å². The number of rotatable bonds is 4. The van der Waals surface area contributed by atoms with Crippen molar-refractivity contribution in [1.82, 2.24) is 4.57 Å². The Morgan fingerprint density at radius 3 is 2.88 bits per heavy atom. The molecule has 1 aromatic heterocycles. The maximum Gasteiger partial charge on any atom is 0.165 e. The van der Waals surface area contributed by atoms with E-state index in [0.717, 1.165) is 22.2 Å². The highest BCUT2D eigenvalue weighted by molar-refractivity contribution is 7.98. The molecular formula is C13H15NOS. The highest BCUT2D eigenvalue weighted by Crippen LogP contribution is 2.21. The van der Waals surface area contributed by atoms with Crippen molar-refractivity contribution >= 4 is 28.4 Å². The Hall–Kier alpha value is -1.22. The molecule has 0 unspecified atom stereocenters. The van der Waals surface area contributed by atoms with E-state index >= 15 is 0 Å². The molecular weight excluding hydrogens is 218 g/mol. The van der Waals surface area contributed by atoms with Crippen molar-refractivity contribution in [2.24, 2.45) is 7.05 Å². The van der Waals surface area contributed by atoms with E-state index in [1.807, 2.05) is 48.3 Å². The van der Waals surface area contributed by atoms with E-state index in [0.29, 0.717) is 6.42 Å². The van der Waals surface area contributed by atoms with Crippen LogP contribution in [0.5, 0.6) is 0 Å². The number of fused-ring (bicyclic) bond motifs is 1. The normalized spacial score (nSPS) is 10.9. The van der Waals surface area contributed by atoms with Crippen molar-refractivity contribution in [3.8, 4) is 0 Å². The van der Waals surface area contributed by atoms with Crippen LogP contribution in [0.4, 0.5) is 0 Å². The fraction of sp³-hybridized carbons (Fsp3) is 0.308. The Labute approximate surface area is 99.6 Å². The first-order valence-electron chi connectivity index (χ1n) is 5.30. The lowest BCUT2D eigenvalue weighted by Gasteiger charge is -1.97. The fourth-order valence-electron chi connectivity index (χ4n) is 1.89. The van der Waals surface area contributed by atoms with Gasteiger partial charge in [0.15, 0.2) is 5.78 Å². The number of carbonyl (C=O) groups is 1. The molecule has 0 amide bonds. The van der Waals surface area contributed by atoms with E-state index in [2.05, 4.69) is 0 Å². The van der Waals surface area contributed by atoms with Gasteiger partial charge in [-0.2, -0.15) is 11.8 Å². The summed E-state index contributed by atoms with van der Waals surface area (Å²) < 4.78 is 2.02. The summed E-state index contributed by atoms with van der Waals surface area (Å²) in [5.74, 6) is 1.13. The van der Waals surface area contributed by atoms with Gasteiger partial charge in [0.1, 0.15) is 0 Å². The molecule has 0 fully saturated rings. The van der Waals surface area contributed by atoms with Crippen LogP contribution in [-0.2, 0) is 7.05 Å². The summed E-state index contributed by atoms with van der Waals surface area (Å²) in [6.07, 6.45) is 4.58. The number of nitrogens with zero attached hydrogens (tertiary/aromatic N) is 1. The zero-order chi connectivity index (χ0) is 11.5. The number of hydrogen-bond acceptors (Lipinski definition) is 2. The summed E-state index contributed by atoms with van der Waals surface area (Å²) in [5, 5.41) is 1.07. The first-order chi connectivity index (χ1) is 7.74. The van der Waals surface area contributed by atoms with Crippen molar-refractivity contribution < 1.29 is 4.79 Å². The second-order valence-electron chi connectivity index (χ2n) is 3.84. The molecule has 0 bridgehead atoms. The van der Waals surface area contributed by atoms with E-state index in [1.54, 1.807) is 11.8 Å². The van der Waals surface area contributed by atoms with Crippen LogP contribution >= 0.6 is 11.8 Å². The topological polar surface area (TPSA) is 22.0 Å². The molecule has 1 aromatic carbocycles. The maximum atomic E-state index is 12.0. The number of aryl methyl sites for hydroxylation is 1. The van der Waals surface area contributed by atoms with Gasteiger partial charge < -0.3 is 4.57 Å². The van der Waals surface area contributed by atoms with Gasteiger partial charge in [-0.15, -0.1) is 0 Å². The van der Waals surface area contributed by atoms with Crippen molar-refractivity contribution in [2.75, 3.05) is 12.0 Å². The Kier molecular flexibility index (Phi) is 3.34. The third-order valence-corrected chi connectivity index (χ3v) is 3.34. The van der Waals surface area contributed by atoms with Crippen LogP contribution in [0, 0.1) is 0 Å². The van der Waals surface area contributed by atoms with Crippen molar-refractivity contribution in [3.05, 3.63) is 36.0 Å². The highest BCUT2D eigenvalue weighted by atomic mass is 32.2. The third-order valence-electron chi connectivity index (χ3n) is 2.73. The number of aromatic nitrogens is 1. The van der Waals surface area contributed by atoms with Crippen molar-refractivity contribution in [3.63, 3.8) is 0 Å². The molecule has 84 valence electrons. The maximum absolute atomic E-state index is 12.0. The standard InChI is InChI=1S/C13H15NOS/c1-14-9-11(13(15)7-8-16-2)10-5-3-4-6-12(10)14/h3-6,9H,7-8H2,1-2H3. The van der Waals surface area contributed by atoms with Crippen LogP contribution in [0.1, 0.15) is 16.8 Å². The van der Waals surface area contributed by atoms with Crippen LogP contribution in [0.15, 0.2) is 30.5 Å². The molecule has 0 saturated carbocycles. The molecule has 0 N–H and O–H groups in total. The van der Waals surface area contributed by atoms with E-state index in [1.165, 1.54) is 0 Å². The van der Waals surface area contributed by atoms with Gasteiger partial charge in [-0.05, 0) is 12.3 Å². The lowest BCUT2D eigenvalue weighted by atomic mass is 10.1. The zero-order valence-electron chi connectivity index (χ0n) is 9.56. The molecule has 16 heavy (non-hydrogen) atoms. The third kappa shape index (κ3) is 2.00. The van der Waals surface area contributed by atoms with Gasteiger partial charge in [0.05, 0.1) is 0 Å². The Balaban J connectivity index is 2.41. The summed E-state index contributed by atoms with van der Waals surface area (Å²) in [5.41, 5.74) is 1.97. The van der Waals surface area contributed by atoms with E-state index in [-0.39, 0.29) is 5.78 Å². The van der Waals surface area contributed by atoms with Crippen LogP contribution in [-0.4, -0.2) is 22.4 Å². The second-order valence-corrected chi connectivity index (χ2v) is 4.82. The molecule has 0 saturated heterocycles. The lowest BCUT2D eigenvalue weighted by Crippen LogP contribution is -1.99. The lowest BCUT2D eigenvalue weighted by molar-refractivity contribution is 0.0991. The molecule has 0 atom stereocenters. The molecule has 0 radical (unpaired) electrons. The van der Waals surface area contributed by atoms with Crippen molar-refractivity contribution in [1.29, 1.82) is 0 Å². The Morgan fingerprint density at radius 1 is 1.38 bits per heavy atom. The van der Waals surface area contributed by atoms with E-state index < -0.39 is 0 Å². The number of para-hydroxylation sites is 1. The van der Waals surface area contributed by atoms with Gasteiger partial charge in [-0.25, -0.2) is 0 Å². The van der Waals surface area contributed by atoms with E-state index in [4.69, 9.17) is 0 Å². The number of carbonyl (C=O) groups excluding carboxylic acids is 1. The molecule has 3 heteroatoms. The van der Waals surface area contributed by atoms with E-state index in [9.17, 15) is 4.79 Å². The summed E-state index contributed by atoms with van der Waals surface area (Å²) in [6.45, 7) is 0. The highest BCUT2D eigenvalue weighted by Gasteiger charge is 2.12. The van der Waals surface area contributed by atoms with Gasteiger partial charge in [-0.3, -0.25) is 4.79 Å². The van der Waals surface area contributed by atoms with Gasteiger partial charge in [-0.1, -0.05) is 18.2 Å². The average Bonchev–Trinajstić information content (AvgIpc) is 2.65. The number of benzene rings is 1. The molecule has 0 aliphatic rings. The summed E-state index contributed by atoms with van der Waals surface area (Å²) in [4.78, 5) is 12.0. The average molecular weight is 233 g/mol. The molecule has 1 heterocycles. The molecule has 2 aromatic rings. The minimum absolute atomic E-state index is 0.242. The van der Waals surface area contributed by atoms with Crippen LogP contribution in [0.3, 0.4) is 0 Å². The number of hydrogen-bond donors (Lipinski definition) is 0. The van der Waals surface area contributed by atoms with Crippen LogP contribution in [0.25, 0.3) is 10.9 Å². The summed E-state index contributed by atoms with van der Waals surface area (Å²) in [6, 6.07) is 8.04. The minimum atomic E-state index is 0.242. The summed E-state index contributed by atoms with van der Waals surface area (Å²) >= 11 is 1.71. The largest absolute Gasteiger partial charge is 0.350 e. The Bertz CT molecular complexity index is 516. The van der Waals surface area contributed by atoms with Crippen LogP contribution < -0.4 is 0 Å². The first kappa shape index (κ1) is 11.3. The number of ketones is 1. The quantitative estimate of drug-likeness (QED) is 0.757. The molecule has 0 aliphatic carbocycles. The predicted molar refractivity (Wildman–Crippen MR) is 70.2 cm³/mol. The minimum Gasteiger partial charge on any atom is -0.350 e. The fourth-order valence-corrected chi connectivity index (χ4v) is 2.28. The SMILES string of the molecule is CSCCC(=O)c1cn(C)c2ccccc12. The van der Waals surface area contributed by atoms with Crippen molar-refractivity contribution in [2.45, 2.75) is 6.42 Å². The molecule has 2 rings (SSSR count). The molecule has 0 spiro atoms. The zero-order valence-corrected chi connectivity index (χ0v) is 10.4. The first-order valence-corrected chi connectivity index (χ1v) is 6.69. The van der Waals surface area contributed by atoms with Crippen LogP contribution in [0.2, 0.25) is 0 Å². The number of Topliss-reactive ketones (excluding diaryl/α,β-unsaturated/α-hetero) is 1. The smallest absolute Gasteiger partial charge is 0.165 e. The predicted octanol–water partition coefficient (Wildman–Crippen LogP) is 3.11.